The van der Waals surface area contributed by atoms with Gasteiger partial charge in [0.2, 0.25) is 0 Å². The average Bonchev–Trinajstić information content (AvgIpc) is 2.82. The molecule has 29 heavy (non-hydrogen) atoms. The van der Waals surface area contributed by atoms with E-state index in [4.69, 9.17) is 9.47 Å². The molecule has 6 heteroatoms. The fourth-order valence-corrected chi connectivity index (χ4v) is 7.22. The Kier molecular flexibility index (Phi) is 6.03. The maximum Gasteiger partial charge on any atom is 0.508 e. The largest absolute Gasteiger partial charge is 0.508 e. The Morgan fingerprint density at radius 3 is 2.34 bits per heavy atom. The van der Waals surface area contributed by atoms with Gasteiger partial charge in [0.15, 0.2) is 0 Å². The molecule has 0 aromatic rings. The minimum absolute atomic E-state index is 0.0137. The highest BCUT2D eigenvalue weighted by atomic mass is 16.7. The summed E-state index contributed by atoms with van der Waals surface area (Å²) in [7, 11) is 2.66. The second kappa shape index (κ2) is 7.92. The van der Waals surface area contributed by atoms with E-state index in [9.17, 15) is 14.4 Å². The zero-order chi connectivity index (χ0) is 21.4. The van der Waals surface area contributed by atoms with Gasteiger partial charge >= 0.3 is 12.1 Å². The third kappa shape index (κ3) is 3.68. The quantitative estimate of drug-likeness (QED) is 0.638. The Balaban J connectivity index is 2.01. The molecule has 164 valence electrons. The molecule has 1 unspecified atom stereocenters. The number of esters is 1. The molecule has 0 bridgehead atoms. The van der Waals surface area contributed by atoms with Crippen LogP contribution in [0.1, 0.15) is 72.1 Å². The number of ether oxygens (including phenoxy) is 3. The average molecular weight is 409 g/mol. The van der Waals surface area contributed by atoms with Crippen molar-refractivity contribution in [1.82, 2.24) is 0 Å². The molecule has 0 aromatic heterocycles. The van der Waals surface area contributed by atoms with Crippen LogP contribution in [0.4, 0.5) is 4.79 Å². The minimum atomic E-state index is -0.754. The smallest absolute Gasteiger partial charge is 0.469 e. The Morgan fingerprint density at radius 2 is 1.69 bits per heavy atom. The summed E-state index contributed by atoms with van der Waals surface area (Å²) >= 11 is 0. The van der Waals surface area contributed by atoms with Crippen LogP contribution in [0.5, 0.6) is 0 Å². The highest BCUT2D eigenvalue weighted by Crippen LogP contribution is 2.66. The van der Waals surface area contributed by atoms with E-state index in [1.54, 1.807) is 0 Å². The van der Waals surface area contributed by atoms with Crippen LogP contribution in [-0.4, -0.2) is 38.7 Å². The Morgan fingerprint density at radius 1 is 0.966 bits per heavy atom. The van der Waals surface area contributed by atoms with Crippen LogP contribution in [0.2, 0.25) is 0 Å². The first-order chi connectivity index (χ1) is 13.6. The summed E-state index contributed by atoms with van der Waals surface area (Å²) in [5.41, 5.74) is -0.532. The molecule has 0 heterocycles. The number of carbonyl (C=O) groups excluding carboxylic acids is 3. The number of rotatable bonds is 3. The fraction of sp³-hybridized carbons (Fsp3) is 0.870. The second-order valence-corrected chi connectivity index (χ2v) is 10.3. The third-order valence-electron chi connectivity index (χ3n) is 8.56. The van der Waals surface area contributed by atoms with Gasteiger partial charge in [0.05, 0.1) is 25.6 Å². The van der Waals surface area contributed by atoms with Crippen LogP contribution in [-0.2, 0) is 23.8 Å². The zero-order valence-electron chi connectivity index (χ0n) is 18.5. The summed E-state index contributed by atoms with van der Waals surface area (Å²) in [6.45, 7) is 7.08. The van der Waals surface area contributed by atoms with Crippen LogP contribution >= 0.6 is 0 Å². The summed E-state index contributed by atoms with van der Waals surface area (Å²) in [5.74, 6) is -0.0802. The molecule has 0 aliphatic heterocycles. The SMILES string of the molecule is COC(=O)OC[C@@]12CC[C@H]3C(C)(C)CCC[C@]3(C)[C@H]1CCC(C(=O)OC)CC2=O. The summed E-state index contributed by atoms with van der Waals surface area (Å²) < 4.78 is 15.1. The lowest BCUT2D eigenvalue weighted by molar-refractivity contribution is -0.168. The van der Waals surface area contributed by atoms with Gasteiger partial charge in [-0.2, -0.15) is 0 Å². The highest BCUT2D eigenvalue weighted by Gasteiger charge is 2.63. The zero-order valence-corrected chi connectivity index (χ0v) is 18.5. The number of Topliss-reactive ketones (excluding diaryl/α,β-unsaturated/α-hetero) is 1. The lowest BCUT2D eigenvalue weighted by Gasteiger charge is -2.62. The molecule has 0 radical (unpaired) electrons. The lowest BCUT2D eigenvalue weighted by Crippen LogP contribution is -2.59. The van der Waals surface area contributed by atoms with E-state index in [2.05, 4.69) is 25.5 Å². The maximum atomic E-state index is 13.6. The first kappa shape index (κ1) is 22.1. The van der Waals surface area contributed by atoms with E-state index in [0.29, 0.717) is 18.8 Å². The number of hydrogen-bond donors (Lipinski definition) is 0. The van der Waals surface area contributed by atoms with Crippen molar-refractivity contribution < 1.29 is 28.6 Å². The maximum absolute atomic E-state index is 13.6. The molecule has 3 fully saturated rings. The Bertz CT molecular complexity index is 670. The molecule has 0 N–H and O–H groups in total. The molecule has 3 saturated carbocycles. The van der Waals surface area contributed by atoms with Crippen molar-refractivity contribution in [3.8, 4) is 0 Å². The van der Waals surface area contributed by atoms with Crippen molar-refractivity contribution in [2.75, 3.05) is 20.8 Å². The van der Waals surface area contributed by atoms with Gasteiger partial charge in [0.1, 0.15) is 12.4 Å². The van der Waals surface area contributed by atoms with Crippen molar-refractivity contribution in [3.05, 3.63) is 0 Å². The fourth-order valence-electron chi connectivity index (χ4n) is 7.22. The van der Waals surface area contributed by atoms with Crippen LogP contribution in [0, 0.1) is 34.0 Å². The van der Waals surface area contributed by atoms with Gasteiger partial charge in [-0.05, 0) is 61.2 Å². The molecule has 0 aromatic carbocycles. The lowest BCUT2D eigenvalue weighted by atomic mass is 9.42. The molecule has 3 aliphatic carbocycles. The molecule has 0 spiro atoms. The van der Waals surface area contributed by atoms with Crippen LogP contribution in [0.15, 0.2) is 0 Å². The summed E-state index contributed by atoms with van der Waals surface area (Å²) in [6.07, 6.45) is 5.88. The van der Waals surface area contributed by atoms with Crippen LogP contribution in [0.25, 0.3) is 0 Å². The predicted octanol–water partition coefficient (Wildman–Crippen LogP) is 4.54. The van der Waals surface area contributed by atoms with Gasteiger partial charge in [-0.25, -0.2) is 4.79 Å². The van der Waals surface area contributed by atoms with Crippen molar-refractivity contribution in [3.63, 3.8) is 0 Å². The van der Waals surface area contributed by atoms with E-state index < -0.39 is 17.5 Å². The Labute approximate surface area is 174 Å². The normalized spacial score (nSPS) is 38.8. The van der Waals surface area contributed by atoms with Gasteiger partial charge in [-0.1, -0.05) is 27.2 Å². The molecule has 6 nitrogen and oxygen atoms in total. The number of carbonyl (C=O) groups is 3. The van der Waals surface area contributed by atoms with Crippen LogP contribution in [0.3, 0.4) is 0 Å². The monoisotopic (exact) mass is 408 g/mol. The van der Waals surface area contributed by atoms with Crippen molar-refractivity contribution in [2.24, 2.45) is 34.0 Å². The summed E-state index contributed by atoms with van der Waals surface area (Å²) in [5, 5.41) is 0. The molecule has 3 rings (SSSR count). The van der Waals surface area contributed by atoms with E-state index in [1.165, 1.54) is 20.6 Å². The third-order valence-corrected chi connectivity index (χ3v) is 8.56. The summed E-state index contributed by atoms with van der Waals surface area (Å²) in [6, 6.07) is 0. The first-order valence-corrected chi connectivity index (χ1v) is 10.9. The Hall–Kier alpha value is -1.59. The molecule has 0 saturated heterocycles. The molecule has 5 atom stereocenters. The van der Waals surface area contributed by atoms with E-state index >= 15 is 0 Å². The molecular weight excluding hydrogens is 372 g/mol. The standard InChI is InChI=1S/C23H36O6/c1-21(2)10-6-11-22(3)16(21)9-12-23(14-29-20(26)28-5)17(22)8-7-15(13-18(23)24)19(25)27-4/h15-17H,6-14H2,1-5H3/t15?,16-,17+,22-,23-/m0/s1. The minimum Gasteiger partial charge on any atom is -0.469 e. The molecular formula is C23H36O6. The van der Waals surface area contributed by atoms with Crippen molar-refractivity contribution in [1.29, 1.82) is 0 Å². The number of hydrogen-bond acceptors (Lipinski definition) is 6. The number of ketones is 1. The molecule has 0 amide bonds. The number of fused-ring (bicyclic) bond motifs is 3. The van der Waals surface area contributed by atoms with Gasteiger partial charge in [-0.15, -0.1) is 0 Å². The summed E-state index contributed by atoms with van der Waals surface area (Å²) in [4.78, 5) is 37.7. The molecule has 3 aliphatic rings. The van der Waals surface area contributed by atoms with Gasteiger partial charge < -0.3 is 14.2 Å². The van der Waals surface area contributed by atoms with Crippen molar-refractivity contribution in [2.45, 2.75) is 72.1 Å². The van der Waals surface area contributed by atoms with Gasteiger partial charge in [0, 0.05) is 6.42 Å². The van der Waals surface area contributed by atoms with Crippen LogP contribution < -0.4 is 0 Å². The predicted molar refractivity (Wildman–Crippen MR) is 107 cm³/mol. The van der Waals surface area contributed by atoms with E-state index in [-0.39, 0.29) is 41.5 Å². The first-order valence-electron chi connectivity index (χ1n) is 10.9. The van der Waals surface area contributed by atoms with Gasteiger partial charge in [-0.3, -0.25) is 9.59 Å². The second-order valence-electron chi connectivity index (χ2n) is 10.3. The van der Waals surface area contributed by atoms with E-state index in [0.717, 1.165) is 25.7 Å². The number of methoxy groups -OCH3 is 2. The van der Waals surface area contributed by atoms with E-state index in [1.807, 2.05) is 0 Å². The van der Waals surface area contributed by atoms with Crippen molar-refractivity contribution >= 4 is 17.9 Å². The topological polar surface area (TPSA) is 78.9 Å². The van der Waals surface area contributed by atoms with Gasteiger partial charge in [0.25, 0.3) is 0 Å². The highest BCUT2D eigenvalue weighted by molar-refractivity contribution is 5.90.